The van der Waals surface area contributed by atoms with Gasteiger partial charge in [-0.2, -0.15) is 13.2 Å². The van der Waals surface area contributed by atoms with E-state index < -0.39 is 24.2 Å². The topological polar surface area (TPSA) is 33.1 Å². The minimum atomic E-state index is -4.53. The monoisotopic (exact) mass is 271 g/mol. The average molecular weight is 271 g/mol. The van der Waals surface area contributed by atoms with Gasteiger partial charge in [-0.3, -0.25) is 4.98 Å². The summed E-state index contributed by atoms with van der Waals surface area (Å²) >= 11 is 0. The van der Waals surface area contributed by atoms with Crippen LogP contribution in [-0.4, -0.2) is 10.1 Å². The first-order chi connectivity index (χ1) is 8.93. The lowest BCUT2D eigenvalue weighted by atomic mass is 10.0. The molecule has 0 aliphatic rings. The van der Waals surface area contributed by atoms with Crippen LogP contribution in [0.15, 0.2) is 36.5 Å². The maximum atomic E-state index is 13.5. The molecule has 0 amide bonds. The summed E-state index contributed by atoms with van der Waals surface area (Å²) in [6, 6.07) is 5.80. The SMILES string of the molecule is OCc1ncc(-c2ccccc2C(F)(F)F)cc1F. The van der Waals surface area contributed by atoms with Crippen molar-refractivity contribution in [2.75, 3.05) is 0 Å². The smallest absolute Gasteiger partial charge is 0.390 e. The van der Waals surface area contributed by atoms with Crippen LogP contribution in [0.25, 0.3) is 11.1 Å². The third-order valence-electron chi connectivity index (χ3n) is 2.61. The van der Waals surface area contributed by atoms with Gasteiger partial charge in [-0.1, -0.05) is 18.2 Å². The lowest BCUT2D eigenvalue weighted by molar-refractivity contribution is -0.137. The molecule has 1 N–H and O–H groups in total. The van der Waals surface area contributed by atoms with Gasteiger partial charge < -0.3 is 5.11 Å². The van der Waals surface area contributed by atoms with Crippen LogP contribution in [-0.2, 0) is 12.8 Å². The first kappa shape index (κ1) is 13.5. The maximum Gasteiger partial charge on any atom is 0.417 e. The van der Waals surface area contributed by atoms with E-state index in [1.165, 1.54) is 18.2 Å². The Bertz CT molecular complexity index is 595. The van der Waals surface area contributed by atoms with Crippen molar-refractivity contribution in [3.8, 4) is 11.1 Å². The Labute approximate surface area is 106 Å². The van der Waals surface area contributed by atoms with Crippen molar-refractivity contribution in [1.29, 1.82) is 0 Å². The fraction of sp³-hybridized carbons (Fsp3) is 0.154. The minimum absolute atomic E-state index is 0.0163. The van der Waals surface area contributed by atoms with Gasteiger partial charge >= 0.3 is 6.18 Å². The summed E-state index contributed by atoms with van der Waals surface area (Å²) < 4.78 is 51.9. The number of rotatable bonds is 2. The lowest BCUT2D eigenvalue weighted by Gasteiger charge is -2.12. The van der Waals surface area contributed by atoms with Crippen molar-refractivity contribution in [2.24, 2.45) is 0 Å². The number of hydrogen-bond acceptors (Lipinski definition) is 2. The highest BCUT2D eigenvalue weighted by Gasteiger charge is 2.33. The zero-order valence-electron chi connectivity index (χ0n) is 9.58. The molecule has 0 radical (unpaired) electrons. The van der Waals surface area contributed by atoms with Gasteiger partial charge in [0.05, 0.1) is 12.2 Å². The minimum Gasteiger partial charge on any atom is -0.390 e. The van der Waals surface area contributed by atoms with E-state index >= 15 is 0 Å². The van der Waals surface area contributed by atoms with E-state index in [1.54, 1.807) is 0 Å². The van der Waals surface area contributed by atoms with Gasteiger partial charge in [0.2, 0.25) is 0 Å². The van der Waals surface area contributed by atoms with Crippen molar-refractivity contribution in [3.05, 3.63) is 53.6 Å². The van der Waals surface area contributed by atoms with Crippen LogP contribution in [0.2, 0.25) is 0 Å². The average Bonchev–Trinajstić information content (AvgIpc) is 2.37. The number of aliphatic hydroxyl groups excluding tert-OH is 1. The largest absolute Gasteiger partial charge is 0.417 e. The first-order valence-corrected chi connectivity index (χ1v) is 5.35. The second kappa shape index (κ2) is 4.97. The Morgan fingerprint density at radius 1 is 1.16 bits per heavy atom. The summed E-state index contributed by atoms with van der Waals surface area (Å²) in [5.74, 6) is -0.836. The normalized spacial score (nSPS) is 11.6. The Kier molecular flexibility index (Phi) is 3.53. The maximum absolute atomic E-state index is 13.5. The highest BCUT2D eigenvalue weighted by atomic mass is 19.4. The molecule has 0 saturated heterocycles. The molecule has 0 atom stereocenters. The standard InChI is InChI=1S/C13H9F4NO/c14-11-5-8(6-18-12(11)7-19)9-3-1-2-4-10(9)13(15,16)17/h1-6,19H,7H2. The fourth-order valence-electron chi connectivity index (χ4n) is 1.71. The van der Waals surface area contributed by atoms with E-state index in [4.69, 9.17) is 5.11 Å². The fourth-order valence-corrected chi connectivity index (χ4v) is 1.71. The number of alkyl halides is 3. The molecule has 1 aromatic carbocycles. The molecule has 1 aromatic heterocycles. The number of halogens is 4. The number of aromatic nitrogens is 1. The van der Waals surface area contributed by atoms with Crippen molar-refractivity contribution in [1.82, 2.24) is 4.98 Å². The molecule has 1 heterocycles. The summed E-state index contributed by atoms with van der Waals surface area (Å²) in [6.07, 6.45) is -3.41. The molecule has 0 spiro atoms. The van der Waals surface area contributed by atoms with Gasteiger partial charge in [0, 0.05) is 11.8 Å². The molecule has 2 nitrogen and oxygen atoms in total. The van der Waals surface area contributed by atoms with Gasteiger partial charge in [-0.25, -0.2) is 4.39 Å². The number of hydrogen-bond donors (Lipinski definition) is 1. The van der Waals surface area contributed by atoms with Crippen LogP contribution in [0.3, 0.4) is 0 Å². The van der Waals surface area contributed by atoms with E-state index in [0.717, 1.165) is 18.3 Å². The van der Waals surface area contributed by atoms with Crippen LogP contribution in [0, 0.1) is 5.82 Å². The summed E-state index contributed by atoms with van der Waals surface area (Å²) in [6.45, 7) is -0.604. The molecule has 100 valence electrons. The molecular formula is C13H9F4NO. The molecule has 0 aliphatic carbocycles. The van der Waals surface area contributed by atoms with Crippen LogP contribution in [0.5, 0.6) is 0 Å². The highest BCUT2D eigenvalue weighted by Crippen LogP contribution is 2.36. The molecule has 2 rings (SSSR count). The molecule has 19 heavy (non-hydrogen) atoms. The molecular weight excluding hydrogens is 262 g/mol. The van der Waals surface area contributed by atoms with Crippen LogP contribution < -0.4 is 0 Å². The molecule has 0 fully saturated rings. The second-order valence-electron chi connectivity index (χ2n) is 3.85. The zero-order chi connectivity index (χ0) is 14.0. The van der Waals surface area contributed by atoms with Gasteiger partial charge in [-0.05, 0) is 17.7 Å². The van der Waals surface area contributed by atoms with Crippen molar-refractivity contribution >= 4 is 0 Å². The van der Waals surface area contributed by atoms with E-state index in [9.17, 15) is 17.6 Å². The Balaban J connectivity index is 2.57. The summed E-state index contributed by atoms with van der Waals surface area (Å²) in [4.78, 5) is 3.60. The van der Waals surface area contributed by atoms with Gasteiger partial charge in [-0.15, -0.1) is 0 Å². The van der Waals surface area contributed by atoms with Gasteiger partial charge in [0.25, 0.3) is 0 Å². The van der Waals surface area contributed by atoms with Crippen molar-refractivity contribution in [2.45, 2.75) is 12.8 Å². The number of benzene rings is 1. The van der Waals surface area contributed by atoms with Crippen LogP contribution in [0.4, 0.5) is 17.6 Å². The predicted octanol–water partition coefficient (Wildman–Crippen LogP) is 3.40. The molecule has 0 saturated carbocycles. The molecule has 0 bridgehead atoms. The number of nitrogens with zero attached hydrogens (tertiary/aromatic N) is 1. The van der Waals surface area contributed by atoms with Crippen LogP contribution in [0.1, 0.15) is 11.3 Å². The summed E-state index contributed by atoms with van der Waals surface area (Å²) in [5.41, 5.74) is -1.19. The van der Waals surface area contributed by atoms with Crippen molar-refractivity contribution < 1.29 is 22.7 Å². The number of pyridine rings is 1. The van der Waals surface area contributed by atoms with Crippen molar-refractivity contribution in [3.63, 3.8) is 0 Å². The molecule has 0 aliphatic heterocycles. The Morgan fingerprint density at radius 2 is 1.84 bits per heavy atom. The quantitative estimate of drug-likeness (QED) is 0.849. The third-order valence-corrected chi connectivity index (χ3v) is 2.61. The van der Waals surface area contributed by atoms with E-state index in [2.05, 4.69) is 4.98 Å². The Morgan fingerprint density at radius 3 is 2.42 bits per heavy atom. The van der Waals surface area contributed by atoms with Gasteiger partial charge in [0.15, 0.2) is 0 Å². The Hall–Kier alpha value is -1.95. The number of aliphatic hydroxyl groups is 1. The second-order valence-corrected chi connectivity index (χ2v) is 3.85. The molecule has 2 aromatic rings. The molecule has 6 heteroatoms. The molecule has 0 unspecified atom stereocenters. The zero-order valence-corrected chi connectivity index (χ0v) is 9.58. The van der Waals surface area contributed by atoms with E-state index in [1.807, 2.05) is 0 Å². The lowest BCUT2D eigenvalue weighted by Crippen LogP contribution is -2.07. The van der Waals surface area contributed by atoms with Gasteiger partial charge in [0.1, 0.15) is 11.5 Å². The predicted molar refractivity (Wildman–Crippen MR) is 60.6 cm³/mol. The summed E-state index contributed by atoms with van der Waals surface area (Å²) in [5, 5.41) is 8.78. The third kappa shape index (κ3) is 2.73. The van der Waals surface area contributed by atoms with E-state index in [-0.39, 0.29) is 16.8 Å². The summed E-state index contributed by atoms with van der Waals surface area (Å²) in [7, 11) is 0. The van der Waals surface area contributed by atoms with Crippen LogP contribution >= 0.6 is 0 Å². The first-order valence-electron chi connectivity index (χ1n) is 5.35. The van der Waals surface area contributed by atoms with E-state index in [0.29, 0.717) is 0 Å². The highest BCUT2D eigenvalue weighted by molar-refractivity contribution is 5.67.